The van der Waals surface area contributed by atoms with Crippen LogP contribution in [0, 0.1) is 0 Å². The average molecular weight is 343 g/mol. The predicted molar refractivity (Wildman–Crippen MR) is 85.8 cm³/mol. The summed E-state index contributed by atoms with van der Waals surface area (Å²) in [6.45, 7) is 0. The van der Waals surface area contributed by atoms with Crippen LogP contribution in [0.3, 0.4) is 0 Å². The van der Waals surface area contributed by atoms with E-state index in [1.807, 2.05) is 0 Å². The van der Waals surface area contributed by atoms with Crippen molar-refractivity contribution in [1.82, 2.24) is 0 Å². The number of hydrogen-bond donors (Lipinski definition) is 0. The normalized spacial score (nSPS) is 10.2. The Kier molecular flexibility index (Phi) is 5.79. The molecule has 0 amide bonds. The molecule has 2 rings (SSSR count). The average Bonchev–Trinajstić information content (AvgIpc) is 2.49. The van der Waals surface area contributed by atoms with Crippen LogP contribution >= 0.6 is 35.0 Å². The summed E-state index contributed by atoms with van der Waals surface area (Å²) < 4.78 is 10.4. The van der Waals surface area contributed by atoms with Gasteiger partial charge in [-0.1, -0.05) is 35.3 Å². The van der Waals surface area contributed by atoms with Gasteiger partial charge in [0.25, 0.3) is 0 Å². The Labute approximate surface area is 137 Å². The highest BCUT2D eigenvalue weighted by Crippen LogP contribution is 2.31. The van der Waals surface area contributed by atoms with Gasteiger partial charge in [-0.25, -0.2) is 0 Å². The molecule has 2 aromatic carbocycles. The van der Waals surface area contributed by atoms with E-state index in [9.17, 15) is 4.79 Å². The van der Waals surface area contributed by atoms with Gasteiger partial charge in [-0.2, -0.15) is 0 Å². The quantitative estimate of drug-likeness (QED) is 0.448. The molecule has 0 N–H and O–H groups in total. The van der Waals surface area contributed by atoms with Crippen LogP contribution in [0.15, 0.2) is 47.4 Å². The van der Waals surface area contributed by atoms with Crippen molar-refractivity contribution < 1.29 is 14.3 Å². The minimum Gasteiger partial charge on any atom is -0.493 e. The lowest BCUT2D eigenvalue weighted by Crippen LogP contribution is -2.11. The summed E-state index contributed by atoms with van der Waals surface area (Å²) in [5, 5.41) is 1.12. The standard InChI is InChI=1S/C15H12Cl2O3S/c1-19-12-4-2-3-5-13(12)20-15(18)9-21-14-8-10(16)6-7-11(14)17/h2-8H,9H2,1H3. The van der Waals surface area contributed by atoms with Crippen molar-refractivity contribution in [2.24, 2.45) is 0 Å². The molecule has 0 bridgehead atoms. The van der Waals surface area contributed by atoms with Crippen molar-refractivity contribution in [3.8, 4) is 11.5 Å². The summed E-state index contributed by atoms with van der Waals surface area (Å²) in [5.74, 6) is 0.637. The topological polar surface area (TPSA) is 35.5 Å². The van der Waals surface area contributed by atoms with Crippen LogP contribution < -0.4 is 9.47 Å². The molecule has 0 unspecified atom stereocenters. The fraction of sp³-hybridized carbons (Fsp3) is 0.133. The predicted octanol–water partition coefficient (Wildman–Crippen LogP) is 4.70. The molecule has 0 heterocycles. The van der Waals surface area contributed by atoms with Gasteiger partial charge in [0.1, 0.15) is 0 Å². The summed E-state index contributed by atoms with van der Waals surface area (Å²) >= 11 is 13.2. The lowest BCUT2D eigenvalue weighted by molar-refractivity contribution is -0.131. The van der Waals surface area contributed by atoms with E-state index in [1.54, 1.807) is 42.5 Å². The number of carbonyl (C=O) groups excluding carboxylic acids is 1. The van der Waals surface area contributed by atoms with Crippen LogP contribution in [0.4, 0.5) is 0 Å². The Morgan fingerprint density at radius 2 is 1.86 bits per heavy atom. The SMILES string of the molecule is COc1ccccc1OC(=O)CSc1cc(Cl)ccc1Cl. The first kappa shape index (κ1) is 16.0. The van der Waals surface area contributed by atoms with Crippen molar-refractivity contribution in [2.45, 2.75) is 4.90 Å². The molecular weight excluding hydrogens is 331 g/mol. The number of hydrogen-bond acceptors (Lipinski definition) is 4. The third-order valence-corrected chi connectivity index (χ3v) is 4.24. The number of carbonyl (C=O) groups is 1. The number of thioether (sulfide) groups is 1. The molecule has 2 aromatic rings. The van der Waals surface area contributed by atoms with Crippen LogP contribution in [0.2, 0.25) is 10.0 Å². The van der Waals surface area contributed by atoms with Gasteiger partial charge >= 0.3 is 5.97 Å². The molecule has 0 saturated heterocycles. The largest absolute Gasteiger partial charge is 0.493 e. The second kappa shape index (κ2) is 7.59. The van der Waals surface area contributed by atoms with Crippen molar-refractivity contribution in [2.75, 3.05) is 12.9 Å². The highest BCUT2D eigenvalue weighted by molar-refractivity contribution is 8.00. The van der Waals surface area contributed by atoms with Crippen molar-refractivity contribution in [3.05, 3.63) is 52.5 Å². The summed E-state index contributed by atoms with van der Waals surface area (Å²) in [7, 11) is 1.52. The number of benzene rings is 2. The van der Waals surface area contributed by atoms with Crippen LogP contribution in [0.5, 0.6) is 11.5 Å². The number of ether oxygens (including phenoxy) is 2. The number of methoxy groups -OCH3 is 1. The van der Waals surface area contributed by atoms with E-state index in [-0.39, 0.29) is 11.7 Å². The number of esters is 1. The first-order valence-corrected chi connectivity index (χ1v) is 7.76. The van der Waals surface area contributed by atoms with Crippen molar-refractivity contribution in [1.29, 1.82) is 0 Å². The van der Waals surface area contributed by atoms with Crippen LogP contribution in [0.1, 0.15) is 0 Å². The highest BCUT2D eigenvalue weighted by atomic mass is 35.5. The van der Waals surface area contributed by atoms with Crippen LogP contribution in [-0.2, 0) is 4.79 Å². The highest BCUT2D eigenvalue weighted by Gasteiger charge is 2.11. The minimum absolute atomic E-state index is 0.123. The molecular formula is C15H12Cl2O3S. The second-order valence-electron chi connectivity index (χ2n) is 3.99. The van der Waals surface area contributed by atoms with E-state index in [0.29, 0.717) is 21.5 Å². The van der Waals surface area contributed by atoms with Gasteiger partial charge in [0, 0.05) is 9.92 Å². The Balaban J connectivity index is 1.97. The van der Waals surface area contributed by atoms with E-state index in [4.69, 9.17) is 32.7 Å². The Morgan fingerprint density at radius 3 is 2.57 bits per heavy atom. The smallest absolute Gasteiger partial charge is 0.321 e. The molecule has 0 radical (unpaired) electrons. The zero-order valence-electron chi connectivity index (χ0n) is 11.1. The number of halogens is 2. The Hall–Kier alpha value is -1.36. The maximum atomic E-state index is 11.9. The van der Waals surface area contributed by atoms with E-state index in [0.717, 1.165) is 4.90 Å². The van der Waals surface area contributed by atoms with Gasteiger partial charge in [0.15, 0.2) is 11.5 Å². The first-order chi connectivity index (χ1) is 10.1. The van der Waals surface area contributed by atoms with E-state index < -0.39 is 0 Å². The molecule has 0 fully saturated rings. The maximum absolute atomic E-state index is 11.9. The molecule has 21 heavy (non-hydrogen) atoms. The Morgan fingerprint density at radius 1 is 1.14 bits per heavy atom. The summed E-state index contributed by atoms with van der Waals surface area (Å²) in [5.41, 5.74) is 0. The number of para-hydroxylation sites is 2. The molecule has 6 heteroatoms. The zero-order chi connectivity index (χ0) is 15.2. The third-order valence-electron chi connectivity index (χ3n) is 2.53. The third kappa shape index (κ3) is 4.56. The van der Waals surface area contributed by atoms with Gasteiger partial charge in [-0.05, 0) is 30.3 Å². The lowest BCUT2D eigenvalue weighted by atomic mass is 10.3. The van der Waals surface area contributed by atoms with E-state index in [1.165, 1.54) is 18.9 Å². The van der Waals surface area contributed by atoms with Gasteiger partial charge < -0.3 is 9.47 Å². The van der Waals surface area contributed by atoms with E-state index >= 15 is 0 Å². The summed E-state index contributed by atoms with van der Waals surface area (Å²) in [4.78, 5) is 12.6. The minimum atomic E-state index is -0.388. The summed E-state index contributed by atoms with van der Waals surface area (Å²) in [6.07, 6.45) is 0. The molecule has 110 valence electrons. The van der Waals surface area contributed by atoms with Gasteiger partial charge in [-0.15, -0.1) is 11.8 Å². The molecule has 0 aliphatic heterocycles. The fourth-order valence-corrected chi connectivity index (χ4v) is 2.85. The van der Waals surface area contributed by atoms with Crippen LogP contribution in [0.25, 0.3) is 0 Å². The zero-order valence-corrected chi connectivity index (χ0v) is 13.5. The molecule has 3 nitrogen and oxygen atoms in total. The van der Waals surface area contributed by atoms with Crippen LogP contribution in [-0.4, -0.2) is 18.8 Å². The van der Waals surface area contributed by atoms with Gasteiger partial charge in [0.2, 0.25) is 0 Å². The molecule has 0 saturated carbocycles. The van der Waals surface area contributed by atoms with Gasteiger partial charge in [0.05, 0.1) is 17.9 Å². The molecule has 0 aromatic heterocycles. The molecule has 0 aliphatic carbocycles. The first-order valence-electron chi connectivity index (χ1n) is 6.01. The van der Waals surface area contributed by atoms with E-state index in [2.05, 4.69) is 0 Å². The number of rotatable bonds is 5. The lowest BCUT2D eigenvalue weighted by Gasteiger charge is -2.09. The monoisotopic (exact) mass is 342 g/mol. The van der Waals surface area contributed by atoms with Crippen molar-refractivity contribution >= 4 is 40.9 Å². The second-order valence-corrected chi connectivity index (χ2v) is 5.85. The fourth-order valence-electron chi connectivity index (χ4n) is 1.58. The molecule has 0 aliphatic rings. The Bertz CT molecular complexity index is 647. The summed E-state index contributed by atoms with van der Waals surface area (Å²) in [6, 6.07) is 12.1. The van der Waals surface area contributed by atoms with Crippen molar-refractivity contribution in [3.63, 3.8) is 0 Å². The molecule has 0 spiro atoms. The van der Waals surface area contributed by atoms with Gasteiger partial charge in [-0.3, -0.25) is 4.79 Å². The molecule has 0 atom stereocenters. The maximum Gasteiger partial charge on any atom is 0.321 e.